The summed E-state index contributed by atoms with van der Waals surface area (Å²) < 4.78 is 0. The van der Waals surface area contributed by atoms with E-state index in [0.717, 1.165) is 0 Å². The van der Waals surface area contributed by atoms with E-state index in [1.807, 2.05) is 0 Å². The number of nitrogens with two attached hydrogens (primary N) is 1. The van der Waals surface area contributed by atoms with Crippen LogP contribution in [0.4, 0.5) is 5.69 Å². The summed E-state index contributed by atoms with van der Waals surface area (Å²) in [5.74, 6) is -7.69. The molecule has 0 radical (unpaired) electrons. The maximum absolute atomic E-state index is 13.5. The molecule has 2 amide bonds. The number of primary amides is 1. The Kier molecular flexibility index (Phi) is 9.16. The van der Waals surface area contributed by atoms with Crippen LogP contribution in [0, 0.1) is 11.8 Å². The van der Waals surface area contributed by atoms with Crippen LogP contribution in [0.2, 0.25) is 0 Å². The predicted molar refractivity (Wildman–Crippen MR) is 138 cm³/mol. The number of aliphatic hydroxyl groups excluding tert-OH is 2. The van der Waals surface area contributed by atoms with E-state index in [1.54, 1.807) is 6.08 Å². The number of ketones is 2. The largest absolute Gasteiger partial charge is 0.507 e. The highest BCUT2D eigenvalue weighted by molar-refractivity contribution is 6.22. The van der Waals surface area contributed by atoms with Crippen molar-refractivity contribution in [3.8, 4) is 5.75 Å². The van der Waals surface area contributed by atoms with E-state index in [2.05, 4.69) is 17.2 Å². The average molecular weight is 558 g/mol. The lowest BCUT2D eigenvalue weighted by atomic mass is 9.56. The first kappa shape index (κ1) is 30.3. The quantitative estimate of drug-likeness (QED) is 0.112. The van der Waals surface area contributed by atoms with Gasteiger partial charge in [-0.05, 0) is 24.5 Å². The molecule has 5 atom stereocenters. The zero-order chi connectivity index (χ0) is 25.7. The second-order valence-electron chi connectivity index (χ2n) is 9.19. The summed E-state index contributed by atoms with van der Waals surface area (Å²) in [7, 11) is 0. The molecule has 0 heterocycles. The molecule has 2 saturated carbocycles. The third kappa shape index (κ3) is 4.85. The molecule has 4 rings (SSSR count). The number of aromatic hydroxyl groups is 1. The number of carbonyl (C=O) groups excluding carboxylic acids is 4. The van der Waals surface area contributed by atoms with Crippen molar-refractivity contribution >= 4 is 59.6 Å². The van der Waals surface area contributed by atoms with Crippen LogP contribution in [0.1, 0.15) is 36.3 Å². The molecule has 202 valence electrons. The van der Waals surface area contributed by atoms with Crippen molar-refractivity contribution in [2.75, 3.05) is 18.4 Å². The molecule has 0 saturated heterocycles. The van der Waals surface area contributed by atoms with E-state index in [0.29, 0.717) is 6.54 Å². The summed E-state index contributed by atoms with van der Waals surface area (Å²) >= 11 is 0. The minimum absolute atomic E-state index is 0. The number of carbonyl (C=O) groups is 4. The van der Waals surface area contributed by atoms with E-state index in [1.165, 1.54) is 12.1 Å². The van der Waals surface area contributed by atoms with Crippen molar-refractivity contribution < 1.29 is 39.6 Å². The lowest BCUT2D eigenvalue weighted by molar-refractivity contribution is -0.167. The van der Waals surface area contributed by atoms with Gasteiger partial charge in [0.15, 0.2) is 11.4 Å². The zero-order valence-corrected chi connectivity index (χ0v) is 21.2. The molecule has 0 bridgehead atoms. The Balaban J connectivity index is 0.00000241. The number of nitrogens with one attached hydrogen (secondary N) is 2. The Morgan fingerprint density at radius 1 is 1.19 bits per heavy atom. The Morgan fingerprint density at radius 2 is 1.86 bits per heavy atom. The number of hydrogen-bond donors (Lipinski definition) is 7. The van der Waals surface area contributed by atoms with Crippen molar-refractivity contribution in [1.82, 2.24) is 5.32 Å². The van der Waals surface area contributed by atoms with Gasteiger partial charge >= 0.3 is 0 Å². The van der Waals surface area contributed by atoms with E-state index >= 15 is 0 Å². The SMILES string of the molecule is C=CCNCC(=O)Nc1ccc2c(c1O)C(O)=C1C(=O)C3(O)C(=O)CC(O)CC3CC1C2C(N)=O.Cl.Cl. The topological polar surface area (TPSA) is 199 Å². The molecule has 1 aromatic rings. The molecule has 0 spiro atoms. The van der Waals surface area contributed by atoms with Crippen LogP contribution < -0.4 is 16.4 Å². The number of phenols is 1. The molecule has 0 aliphatic heterocycles. The van der Waals surface area contributed by atoms with Crippen molar-refractivity contribution in [2.24, 2.45) is 17.6 Å². The Labute approximate surface area is 224 Å². The molecule has 2 fully saturated rings. The molecule has 11 nitrogen and oxygen atoms in total. The molecule has 3 aliphatic rings. The Bertz CT molecular complexity index is 1190. The monoisotopic (exact) mass is 557 g/mol. The van der Waals surface area contributed by atoms with Gasteiger partial charge in [-0.2, -0.15) is 0 Å². The van der Waals surface area contributed by atoms with Crippen molar-refractivity contribution in [3.63, 3.8) is 0 Å². The van der Waals surface area contributed by atoms with Crippen LogP contribution in [0.15, 0.2) is 30.4 Å². The summed E-state index contributed by atoms with van der Waals surface area (Å²) in [4.78, 5) is 50.8. The van der Waals surface area contributed by atoms with Gasteiger partial charge in [0.05, 0.1) is 29.8 Å². The molecule has 5 unspecified atom stereocenters. The van der Waals surface area contributed by atoms with Gasteiger partial charge in [-0.3, -0.25) is 19.2 Å². The van der Waals surface area contributed by atoms with Gasteiger partial charge in [-0.1, -0.05) is 12.1 Å². The lowest BCUT2D eigenvalue weighted by Gasteiger charge is -2.48. The third-order valence-corrected chi connectivity index (χ3v) is 7.09. The normalized spacial score (nSPS) is 28.1. The lowest BCUT2D eigenvalue weighted by Crippen LogP contribution is -2.62. The second kappa shape index (κ2) is 11.2. The van der Waals surface area contributed by atoms with Gasteiger partial charge in [0.2, 0.25) is 17.6 Å². The van der Waals surface area contributed by atoms with Gasteiger partial charge in [0.25, 0.3) is 0 Å². The molecule has 8 N–H and O–H groups in total. The maximum atomic E-state index is 13.5. The van der Waals surface area contributed by atoms with Gasteiger partial charge in [-0.15, -0.1) is 31.4 Å². The fourth-order valence-electron chi connectivity index (χ4n) is 5.54. The minimum atomic E-state index is -2.46. The van der Waals surface area contributed by atoms with Crippen LogP contribution in [-0.4, -0.2) is 68.6 Å². The standard InChI is InChI=1S/C24H27N3O8.2ClH/c1-2-5-26-9-16(30)27-14-4-3-12-17(23(25)34)13-7-10-6-11(28)8-15(29)24(10,35)22(33)19(13)21(32)18(12)20(14)31;;/h2-4,10-11,13,17,26,28,31-32,35H,1,5-9H2,(H2,25,34)(H,27,30);2*1H. The fraction of sp³-hybridized carbons (Fsp3) is 0.417. The number of phenolic OH excluding ortho intramolecular Hbond substituents is 1. The molecular formula is C24H29Cl2N3O8. The molecule has 0 aromatic heterocycles. The fourth-order valence-corrected chi connectivity index (χ4v) is 5.54. The van der Waals surface area contributed by atoms with Crippen LogP contribution >= 0.6 is 24.8 Å². The number of halogens is 2. The number of anilines is 1. The zero-order valence-electron chi connectivity index (χ0n) is 19.6. The predicted octanol–water partition coefficient (Wildman–Crippen LogP) is 0.462. The highest BCUT2D eigenvalue weighted by Crippen LogP contribution is 2.55. The van der Waals surface area contributed by atoms with E-state index in [4.69, 9.17) is 5.73 Å². The first-order valence-electron chi connectivity index (χ1n) is 11.2. The third-order valence-electron chi connectivity index (χ3n) is 7.09. The van der Waals surface area contributed by atoms with E-state index < -0.39 is 70.8 Å². The van der Waals surface area contributed by atoms with Gasteiger partial charge in [0, 0.05) is 30.4 Å². The number of hydrogen-bond acceptors (Lipinski definition) is 9. The summed E-state index contributed by atoms with van der Waals surface area (Å²) in [6.07, 6.45) is -0.00215. The van der Waals surface area contributed by atoms with Crippen molar-refractivity contribution in [3.05, 3.63) is 41.5 Å². The molecular weight excluding hydrogens is 529 g/mol. The van der Waals surface area contributed by atoms with Crippen LogP contribution in [0.5, 0.6) is 5.75 Å². The summed E-state index contributed by atoms with van der Waals surface area (Å²) in [5.41, 5.74) is 2.61. The van der Waals surface area contributed by atoms with Gasteiger partial charge in [0.1, 0.15) is 11.5 Å². The maximum Gasteiger partial charge on any atom is 0.238 e. The number of amides is 2. The van der Waals surface area contributed by atoms with E-state index in [-0.39, 0.29) is 66.6 Å². The minimum Gasteiger partial charge on any atom is -0.507 e. The van der Waals surface area contributed by atoms with E-state index in [9.17, 15) is 39.6 Å². The molecule has 37 heavy (non-hydrogen) atoms. The number of fused-ring (bicyclic) bond motifs is 3. The second-order valence-corrected chi connectivity index (χ2v) is 9.19. The first-order valence-corrected chi connectivity index (χ1v) is 11.2. The molecule has 3 aliphatic carbocycles. The smallest absolute Gasteiger partial charge is 0.238 e. The number of Topliss-reactive ketones (excluding diaryl/α,β-unsaturated/α-hetero) is 2. The number of benzene rings is 1. The van der Waals surface area contributed by atoms with Crippen molar-refractivity contribution in [2.45, 2.75) is 36.9 Å². The highest BCUT2D eigenvalue weighted by Gasteiger charge is 2.62. The van der Waals surface area contributed by atoms with Gasteiger partial charge in [-0.25, -0.2) is 0 Å². The highest BCUT2D eigenvalue weighted by atomic mass is 35.5. The van der Waals surface area contributed by atoms with Crippen molar-refractivity contribution in [1.29, 1.82) is 0 Å². The molecule has 1 aromatic carbocycles. The number of aliphatic hydroxyl groups is 3. The summed E-state index contributed by atoms with van der Waals surface area (Å²) in [6, 6.07) is 2.76. The Morgan fingerprint density at radius 3 is 2.49 bits per heavy atom. The average Bonchev–Trinajstić information content (AvgIpc) is 2.78. The van der Waals surface area contributed by atoms with Crippen LogP contribution in [0.25, 0.3) is 5.76 Å². The van der Waals surface area contributed by atoms with Crippen LogP contribution in [0.3, 0.4) is 0 Å². The van der Waals surface area contributed by atoms with Gasteiger partial charge < -0.3 is 36.8 Å². The summed E-state index contributed by atoms with van der Waals surface area (Å²) in [6.45, 7) is 3.81. The molecule has 13 heteroatoms. The number of rotatable bonds is 6. The Hall–Kier alpha value is -2.96. The summed E-state index contributed by atoms with van der Waals surface area (Å²) in [5, 5.41) is 48.5. The van der Waals surface area contributed by atoms with Crippen LogP contribution in [-0.2, 0) is 19.2 Å². The first-order chi connectivity index (χ1) is 16.5.